The van der Waals surface area contributed by atoms with Gasteiger partial charge in [0, 0.05) is 42.1 Å². The number of methoxy groups -OCH3 is 1. The number of rotatable bonds is 24. The lowest BCUT2D eigenvalue weighted by atomic mass is 10.0. The molecule has 1 saturated heterocycles. The van der Waals surface area contributed by atoms with Crippen molar-refractivity contribution in [3.8, 4) is 0 Å². The molecule has 0 bridgehead atoms. The van der Waals surface area contributed by atoms with E-state index in [1.807, 2.05) is 0 Å². The lowest BCUT2D eigenvalue weighted by Gasteiger charge is -2.21. The molecule has 5 unspecified atom stereocenters. The van der Waals surface area contributed by atoms with Crippen LogP contribution in [0.3, 0.4) is 0 Å². The number of aryl methyl sites for hydroxylation is 1. The third-order valence-corrected chi connectivity index (χ3v) is 10.6. The summed E-state index contributed by atoms with van der Waals surface area (Å²) < 4.78 is 12.5. The maximum absolute atomic E-state index is 13.2. The number of carbonyl (C=O) groups excluding carboxylic acids is 1. The number of aromatic amines is 1. The van der Waals surface area contributed by atoms with Crippen LogP contribution in [-0.4, -0.2) is 63.0 Å². The van der Waals surface area contributed by atoms with Gasteiger partial charge in [-0.3, -0.25) is 19.1 Å². The van der Waals surface area contributed by atoms with Gasteiger partial charge in [-0.25, -0.2) is 4.79 Å². The van der Waals surface area contributed by atoms with E-state index >= 15 is 0 Å². The van der Waals surface area contributed by atoms with Crippen molar-refractivity contribution in [1.82, 2.24) is 9.55 Å². The molecule has 0 amide bonds. The Kier molecular flexibility index (Phi) is 19.1. The van der Waals surface area contributed by atoms with Gasteiger partial charge < -0.3 is 14.4 Å². The Hall–Kier alpha value is -1.68. The highest BCUT2D eigenvalue weighted by atomic mass is 32.2. The van der Waals surface area contributed by atoms with Crippen LogP contribution in [0.15, 0.2) is 20.9 Å². The summed E-state index contributed by atoms with van der Waals surface area (Å²) in [5, 5.41) is 3.69. The zero-order chi connectivity index (χ0) is 31.5. The maximum atomic E-state index is 13.2. The Labute approximate surface area is 261 Å². The minimum Gasteiger partial charge on any atom is -0.380 e. The number of nitrogens with one attached hydrogen (secondary N) is 1. The summed E-state index contributed by atoms with van der Waals surface area (Å²) in [5.74, 6) is 1.68. The predicted molar refractivity (Wildman–Crippen MR) is 175 cm³/mol. The number of carbonyl (C=O) groups is 1. The second-order valence-electron chi connectivity index (χ2n) is 11.4. The Bertz CT molecular complexity index is 1110. The minimum absolute atomic E-state index is 0.0672. The first-order valence-electron chi connectivity index (χ1n) is 15.9. The Morgan fingerprint density at radius 1 is 1.14 bits per heavy atom. The molecule has 11 nitrogen and oxygen atoms in total. The number of ether oxygens (including phenoxy) is 2. The van der Waals surface area contributed by atoms with Crippen molar-refractivity contribution in [1.29, 1.82) is 0 Å². The van der Waals surface area contributed by atoms with Crippen LogP contribution in [0.1, 0.15) is 115 Å². The van der Waals surface area contributed by atoms with Crippen molar-refractivity contribution in [2.24, 2.45) is 5.11 Å². The number of unbranched alkanes of at least 4 members (excludes halogenated alkanes) is 13. The van der Waals surface area contributed by atoms with E-state index in [-0.39, 0.29) is 18.7 Å². The predicted octanol–water partition coefficient (Wildman–Crippen LogP) is 6.96. The van der Waals surface area contributed by atoms with Gasteiger partial charge in [-0.1, -0.05) is 95.5 Å². The summed E-state index contributed by atoms with van der Waals surface area (Å²) in [6.07, 6.45) is 17.8. The molecule has 1 aromatic heterocycles. The highest BCUT2D eigenvalue weighted by Crippen LogP contribution is 2.41. The van der Waals surface area contributed by atoms with Gasteiger partial charge in [0.2, 0.25) is 5.52 Å². The van der Waals surface area contributed by atoms with Crippen molar-refractivity contribution in [3.05, 3.63) is 43.0 Å². The zero-order valence-corrected chi connectivity index (χ0v) is 28.0. The smallest absolute Gasteiger partial charge is 0.330 e. The molecule has 2 N–H and O–H groups in total. The normalized spacial score (nSPS) is 19.7. The molecule has 1 aliphatic rings. The molecular formula is C30H52N5O6PS. The number of azide groups is 1. The van der Waals surface area contributed by atoms with Crippen LogP contribution in [0.4, 0.5) is 0 Å². The van der Waals surface area contributed by atoms with Crippen molar-refractivity contribution < 1.29 is 19.2 Å². The molecule has 0 saturated carbocycles. The molecule has 5 atom stereocenters. The molecule has 1 aliphatic heterocycles. The summed E-state index contributed by atoms with van der Waals surface area (Å²) in [7, 11) is -0.547. The average Bonchev–Trinajstić information content (AvgIpc) is 3.41. The summed E-state index contributed by atoms with van der Waals surface area (Å²) >= 11 is 1.76. The molecule has 1 aromatic rings. The summed E-state index contributed by atoms with van der Waals surface area (Å²) in [6, 6.07) is -0.880. The molecule has 0 radical (unpaired) electrons. The number of thioether (sulfide) groups is 1. The maximum Gasteiger partial charge on any atom is 0.330 e. The zero-order valence-electron chi connectivity index (χ0n) is 26.2. The molecule has 13 heteroatoms. The first-order chi connectivity index (χ1) is 20.8. The summed E-state index contributed by atoms with van der Waals surface area (Å²) in [4.78, 5) is 53.0. The van der Waals surface area contributed by atoms with Crippen LogP contribution in [0.2, 0.25) is 0 Å². The lowest BCUT2D eigenvalue weighted by Crippen LogP contribution is -2.34. The van der Waals surface area contributed by atoms with Crippen LogP contribution in [0.25, 0.3) is 10.4 Å². The van der Waals surface area contributed by atoms with E-state index in [1.165, 1.54) is 94.2 Å². The van der Waals surface area contributed by atoms with Gasteiger partial charge in [0.1, 0.15) is 12.3 Å². The fourth-order valence-electron chi connectivity index (χ4n) is 5.26. The third-order valence-electron chi connectivity index (χ3n) is 7.91. The Morgan fingerprint density at radius 3 is 2.28 bits per heavy atom. The first-order valence-corrected chi connectivity index (χ1v) is 18.6. The second-order valence-corrected chi connectivity index (χ2v) is 14.2. The lowest BCUT2D eigenvalue weighted by molar-refractivity contribution is -0.124. The van der Waals surface area contributed by atoms with Gasteiger partial charge in [0.15, 0.2) is 0 Å². The van der Waals surface area contributed by atoms with Crippen LogP contribution in [0.5, 0.6) is 0 Å². The van der Waals surface area contributed by atoms with Gasteiger partial charge in [-0.15, -0.1) is 0 Å². The number of H-pyrrole nitrogens is 1. The van der Waals surface area contributed by atoms with Gasteiger partial charge in [0.05, 0.1) is 20.3 Å². The van der Waals surface area contributed by atoms with E-state index in [0.29, 0.717) is 11.3 Å². The van der Waals surface area contributed by atoms with Crippen LogP contribution < -0.4 is 11.2 Å². The van der Waals surface area contributed by atoms with E-state index in [9.17, 15) is 19.3 Å². The highest BCUT2D eigenvalue weighted by Gasteiger charge is 2.43. The molecule has 1 fully saturated rings. The number of nitrogens with zero attached hydrogens (tertiary/aromatic N) is 4. The third kappa shape index (κ3) is 13.9. The van der Waals surface area contributed by atoms with Crippen LogP contribution in [-0.2, 0) is 14.3 Å². The van der Waals surface area contributed by atoms with E-state index in [1.54, 1.807) is 25.8 Å². The van der Waals surface area contributed by atoms with E-state index < -0.39 is 43.3 Å². The van der Waals surface area contributed by atoms with Crippen LogP contribution >= 0.6 is 19.9 Å². The van der Waals surface area contributed by atoms with E-state index in [2.05, 4.69) is 21.9 Å². The van der Waals surface area contributed by atoms with Crippen molar-refractivity contribution >= 4 is 25.4 Å². The Morgan fingerprint density at radius 2 is 1.72 bits per heavy atom. The van der Waals surface area contributed by atoms with E-state index in [0.717, 1.165) is 12.2 Å². The van der Waals surface area contributed by atoms with Crippen molar-refractivity contribution in [2.45, 2.75) is 135 Å². The molecule has 0 aromatic carbocycles. The number of hydrogen-bond donors (Lipinski definition) is 2. The molecule has 43 heavy (non-hydrogen) atoms. The molecular weight excluding hydrogens is 589 g/mol. The van der Waals surface area contributed by atoms with Crippen molar-refractivity contribution in [2.75, 3.05) is 24.8 Å². The molecule has 0 spiro atoms. The monoisotopic (exact) mass is 641 g/mol. The SMILES string of the molecule is CCCCCCCCCCCCCCCCSCC(CP(O)C(=O)C1OC(n2cc(C)c(=O)[nH]c2=O)CC1N=[N+]=[N-])OC. The van der Waals surface area contributed by atoms with Gasteiger partial charge in [-0.2, -0.15) is 11.8 Å². The minimum atomic E-state index is -2.12. The fraction of sp³-hybridized carbons (Fsp3) is 0.833. The molecule has 0 aliphatic carbocycles. The summed E-state index contributed by atoms with van der Waals surface area (Å²) in [5.41, 5.74) is 7.56. The van der Waals surface area contributed by atoms with Crippen molar-refractivity contribution in [3.63, 3.8) is 0 Å². The molecule has 244 valence electrons. The first kappa shape index (κ1) is 37.5. The van der Waals surface area contributed by atoms with Crippen LogP contribution in [0, 0.1) is 6.92 Å². The topological polar surface area (TPSA) is 159 Å². The molecule has 2 rings (SSSR count). The summed E-state index contributed by atoms with van der Waals surface area (Å²) in [6.45, 7) is 3.81. The second kappa shape index (κ2) is 21.9. The Balaban J connectivity index is 1.65. The quantitative estimate of drug-likeness (QED) is 0.0406. The molecule has 2 heterocycles. The van der Waals surface area contributed by atoms with E-state index in [4.69, 9.17) is 15.0 Å². The standard InChI is InChI=1S/C30H52N5O6PS/c1-4-5-6-7-8-9-10-11-12-13-14-15-16-17-18-43-22-24(40-3)21-42(39)29(37)27-25(33-34-31)19-26(41-27)35-20-23(2)28(36)32-30(35)38/h20,24-27,39H,4-19,21-22H2,1-3H3,(H,32,36,38). The number of hydrogen-bond acceptors (Lipinski definition) is 8. The largest absolute Gasteiger partial charge is 0.380 e. The van der Waals surface area contributed by atoms with Gasteiger partial charge in [0.25, 0.3) is 5.56 Å². The van der Waals surface area contributed by atoms with Gasteiger partial charge >= 0.3 is 5.69 Å². The highest BCUT2D eigenvalue weighted by molar-refractivity contribution is 7.99. The van der Waals surface area contributed by atoms with Gasteiger partial charge in [-0.05, 0) is 24.6 Å². The average molecular weight is 642 g/mol. The fourth-order valence-corrected chi connectivity index (χ4v) is 7.90. The number of aromatic nitrogens is 2.